The minimum absolute atomic E-state index is 0.262. The van der Waals surface area contributed by atoms with Gasteiger partial charge in [0, 0.05) is 18.2 Å². The van der Waals surface area contributed by atoms with Crippen LogP contribution in [0.3, 0.4) is 0 Å². The average molecular weight is 254 g/mol. The van der Waals surface area contributed by atoms with E-state index in [4.69, 9.17) is 5.73 Å². The first kappa shape index (κ1) is 13.3. The Labute approximate surface area is 113 Å². The minimum Gasteiger partial charge on any atom is -0.366 e. The molecule has 0 saturated heterocycles. The number of nitrogens with two attached hydrogens (primary N) is 1. The van der Waals surface area contributed by atoms with Gasteiger partial charge in [0.05, 0.1) is 0 Å². The molecule has 0 unspecified atom stereocenters. The lowest BCUT2D eigenvalue weighted by atomic mass is 10.1. The van der Waals surface area contributed by atoms with Gasteiger partial charge >= 0.3 is 0 Å². The van der Waals surface area contributed by atoms with Crippen molar-refractivity contribution in [1.29, 1.82) is 0 Å². The zero-order valence-electron chi connectivity index (χ0n) is 11.0. The monoisotopic (exact) mass is 254 g/mol. The Morgan fingerprint density at radius 1 is 1.16 bits per heavy atom. The molecule has 0 fully saturated rings. The maximum absolute atomic E-state index is 11.1. The number of hydrogen-bond acceptors (Lipinski definition) is 2. The molecule has 2 aromatic carbocycles. The van der Waals surface area contributed by atoms with Gasteiger partial charge in [-0.25, -0.2) is 0 Å². The molecule has 3 N–H and O–H groups in total. The number of carbonyl (C=O) groups excluding carboxylic acids is 1. The number of benzene rings is 2. The van der Waals surface area contributed by atoms with E-state index in [9.17, 15) is 4.79 Å². The molecule has 0 aromatic heterocycles. The lowest BCUT2D eigenvalue weighted by Gasteiger charge is -2.14. The SMILES string of the molecule is C[C@H](NCc1cccc(C(N)=O)c1)c1ccccc1. The predicted octanol–water partition coefficient (Wildman–Crippen LogP) is 2.64. The fourth-order valence-corrected chi connectivity index (χ4v) is 1.97. The first-order valence-electron chi connectivity index (χ1n) is 6.34. The lowest BCUT2D eigenvalue weighted by molar-refractivity contribution is 0.1000. The molecule has 2 rings (SSSR count). The summed E-state index contributed by atoms with van der Waals surface area (Å²) < 4.78 is 0. The fraction of sp³-hybridized carbons (Fsp3) is 0.188. The highest BCUT2D eigenvalue weighted by atomic mass is 16.1. The Hall–Kier alpha value is -2.13. The molecule has 0 radical (unpaired) electrons. The van der Waals surface area contributed by atoms with Gasteiger partial charge in [0.2, 0.25) is 5.91 Å². The number of primary amides is 1. The lowest BCUT2D eigenvalue weighted by Crippen LogP contribution is -2.18. The van der Waals surface area contributed by atoms with Crippen LogP contribution in [0.25, 0.3) is 0 Å². The van der Waals surface area contributed by atoms with Crippen LogP contribution in [0.5, 0.6) is 0 Å². The Morgan fingerprint density at radius 2 is 1.89 bits per heavy atom. The molecule has 0 saturated carbocycles. The van der Waals surface area contributed by atoms with Crippen molar-refractivity contribution < 1.29 is 4.79 Å². The average Bonchev–Trinajstić information content (AvgIpc) is 2.46. The van der Waals surface area contributed by atoms with Crippen LogP contribution in [0.2, 0.25) is 0 Å². The molecule has 0 aliphatic carbocycles. The van der Waals surface area contributed by atoms with Gasteiger partial charge in [-0.15, -0.1) is 0 Å². The zero-order valence-corrected chi connectivity index (χ0v) is 11.0. The molecule has 0 aliphatic rings. The van der Waals surface area contributed by atoms with E-state index in [1.54, 1.807) is 6.07 Å². The molecule has 2 aromatic rings. The molecule has 3 nitrogen and oxygen atoms in total. The molecule has 0 bridgehead atoms. The Kier molecular flexibility index (Phi) is 4.31. The summed E-state index contributed by atoms with van der Waals surface area (Å²) in [6.45, 7) is 2.82. The van der Waals surface area contributed by atoms with Crippen molar-refractivity contribution in [3.05, 3.63) is 71.3 Å². The third-order valence-electron chi connectivity index (χ3n) is 3.12. The molecule has 0 aliphatic heterocycles. The summed E-state index contributed by atoms with van der Waals surface area (Å²) in [4.78, 5) is 11.1. The molecular formula is C16H18N2O. The number of hydrogen-bond donors (Lipinski definition) is 2. The zero-order chi connectivity index (χ0) is 13.7. The van der Waals surface area contributed by atoms with Gasteiger partial charge in [0.1, 0.15) is 0 Å². The van der Waals surface area contributed by atoms with E-state index in [0.29, 0.717) is 12.1 Å². The van der Waals surface area contributed by atoms with Gasteiger partial charge < -0.3 is 11.1 Å². The number of amides is 1. The summed E-state index contributed by atoms with van der Waals surface area (Å²) in [5.41, 5.74) is 8.12. The van der Waals surface area contributed by atoms with E-state index in [1.807, 2.05) is 36.4 Å². The molecule has 1 amide bonds. The van der Waals surface area contributed by atoms with E-state index in [1.165, 1.54) is 5.56 Å². The standard InChI is InChI=1S/C16H18N2O/c1-12(14-7-3-2-4-8-14)18-11-13-6-5-9-15(10-13)16(17)19/h2-10,12,18H,11H2,1H3,(H2,17,19)/t12-/m0/s1. The van der Waals surface area contributed by atoms with E-state index >= 15 is 0 Å². The highest BCUT2D eigenvalue weighted by Crippen LogP contribution is 2.12. The molecule has 19 heavy (non-hydrogen) atoms. The smallest absolute Gasteiger partial charge is 0.248 e. The number of rotatable bonds is 5. The number of nitrogens with one attached hydrogen (secondary N) is 1. The first-order chi connectivity index (χ1) is 9.16. The summed E-state index contributed by atoms with van der Waals surface area (Å²) in [7, 11) is 0. The van der Waals surface area contributed by atoms with E-state index < -0.39 is 5.91 Å². The van der Waals surface area contributed by atoms with Crippen molar-refractivity contribution in [1.82, 2.24) is 5.32 Å². The normalized spacial score (nSPS) is 12.1. The highest BCUT2D eigenvalue weighted by molar-refractivity contribution is 5.92. The largest absolute Gasteiger partial charge is 0.366 e. The molecule has 1 atom stereocenters. The van der Waals surface area contributed by atoms with Crippen molar-refractivity contribution in [3.63, 3.8) is 0 Å². The van der Waals surface area contributed by atoms with Gasteiger partial charge in [0.15, 0.2) is 0 Å². The minimum atomic E-state index is -0.391. The van der Waals surface area contributed by atoms with Crippen LogP contribution in [-0.2, 0) is 6.54 Å². The van der Waals surface area contributed by atoms with Gasteiger partial charge in [-0.1, -0.05) is 42.5 Å². The number of carbonyl (C=O) groups is 1. The van der Waals surface area contributed by atoms with E-state index in [0.717, 1.165) is 5.56 Å². The maximum Gasteiger partial charge on any atom is 0.248 e. The van der Waals surface area contributed by atoms with Crippen LogP contribution in [0.1, 0.15) is 34.5 Å². The van der Waals surface area contributed by atoms with Gasteiger partial charge in [-0.2, -0.15) is 0 Å². The Bertz CT molecular complexity index is 552. The molecule has 3 heteroatoms. The summed E-state index contributed by atoms with van der Waals surface area (Å²) in [6, 6.07) is 17.9. The molecular weight excluding hydrogens is 236 g/mol. The van der Waals surface area contributed by atoms with E-state index in [2.05, 4.69) is 24.4 Å². The molecule has 0 spiro atoms. The van der Waals surface area contributed by atoms with Gasteiger partial charge in [-0.3, -0.25) is 4.79 Å². The van der Waals surface area contributed by atoms with Crippen molar-refractivity contribution >= 4 is 5.91 Å². The van der Waals surface area contributed by atoms with Crippen LogP contribution in [0.15, 0.2) is 54.6 Å². The second kappa shape index (κ2) is 6.16. The van der Waals surface area contributed by atoms with Crippen molar-refractivity contribution in [2.75, 3.05) is 0 Å². The molecule has 0 heterocycles. The van der Waals surface area contributed by atoms with E-state index in [-0.39, 0.29) is 6.04 Å². The third kappa shape index (κ3) is 3.66. The third-order valence-corrected chi connectivity index (χ3v) is 3.12. The van der Waals surface area contributed by atoms with Gasteiger partial charge in [-0.05, 0) is 30.2 Å². The highest BCUT2D eigenvalue weighted by Gasteiger charge is 2.05. The first-order valence-corrected chi connectivity index (χ1v) is 6.34. The predicted molar refractivity (Wildman–Crippen MR) is 76.7 cm³/mol. The van der Waals surface area contributed by atoms with Crippen molar-refractivity contribution in [3.8, 4) is 0 Å². The second-order valence-electron chi connectivity index (χ2n) is 4.58. The van der Waals surface area contributed by atoms with Crippen LogP contribution in [-0.4, -0.2) is 5.91 Å². The topological polar surface area (TPSA) is 55.1 Å². The summed E-state index contributed by atoms with van der Waals surface area (Å²) >= 11 is 0. The summed E-state index contributed by atoms with van der Waals surface area (Å²) in [5.74, 6) is -0.391. The van der Waals surface area contributed by atoms with Crippen LogP contribution in [0, 0.1) is 0 Å². The second-order valence-corrected chi connectivity index (χ2v) is 4.58. The van der Waals surface area contributed by atoms with Crippen molar-refractivity contribution in [2.24, 2.45) is 5.73 Å². The fourth-order valence-electron chi connectivity index (χ4n) is 1.97. The van der Waals surface area contributed by atoms with Crippen LogP contribution >= 0.6 is 0 Å². The Morgan fingerprint density at radius 3 is 2.58 bits per heavy atom. The maximum atomic E-state index is 11.1. The Balaban J connectivity index is 1.99. The van der Waals surface area contributed by atoms with Gasteiger partial charge in [0.25, 0.3) is 0 Å². The summed E-state index contributed by atoms with van der Waals surface area (Å²) in [6.07, 6.45) is 0. The summed E-state index contributed by atoms with van der Waals surface area (Å²) in [5, 5.41) is 3.43. The van der Waals surface area contributed by atoms with Crippen LogP contribution in [0.4, 0.5) is 0 Å². The van der Waals surface area contributed by atoms with Crippen LogP contribution < -0.4 is 11.1 Å². The van der Waals surface area contributed by atoms with Crippen molar-refractivity contribution in [2.45, 2.75) is 19.5 Å². The molecule has 98 valence electrons. The quantitative estimate of drug-likeness (QED) is 0.861.